The van der Waals surface area contributed by atoms with Gasteiger partial charge in [-0.1, -0.05) is 57.2 Å². The van der Waals surface area contributed by atoms with E-state index in [1.54, 1.807) is 0 Å². The number of ether oxygens (including phenoxy) is 1. The van der Waals surface area contributed by atoms with E-state index in [0.717, 1.165) is 34.7 Å². The van der Waals surface area contributed by atoms with Crippen LogP contribution in [0, 0.1) is 0 Å². The quantitative estimate of drug-likeness (QED) is 0.577. The van der Waals surface area contributed by atoms with Crippen molar-refractivity contribution in [1.29, 1.82) is 0 Å². The molecule has 0 aliphatic rings. The van der Waals surface area contributed by atoms with Gasteiger partial charge in [-0.15, -0.1) is 0 Å². The van der Waals surface area contributed by atoms with Crippen LogP contribution in [0.3, 0.4) is 0 Å². The second kappa shape index (κ2) is 6.75. The van der Waals surface area contributed by atoms with Gasteiger partial charge in [-0.2, -0.15) is 0 Å². The van der Waals surface area contributed by atoms with Gasteiger partial charge in [0.25, 0.3) is 0 Å². The molecule has 0 spiro atoms. The molecule has 0 saturated heterocycles. The molecular weight excluding hydrogens is 308 g/mol. The summed E-state index contributed by atoms with van der Waals surface area (Å²) in [7, 11) is 0. The van der Waals surface area contributed by atoms with Gasteiger partial charge in [-0.25, -0.2) is 4.98 Å². The van der Waals surface area contributed by atoms with E-state index in [9.17, 15) is 0 Å². The van der Waals surface area contributed by atoms with Crippen LogP contribution in [0.5, 0.6) is 5.75 Å². The first-order valence-electron chi connectivity index (χ1n) is 8.66. The number of nitrogens with zero attached hydrogens (tertiary/aromatic N) is 2. The number of rotatable bonds is 5. The third-order valence-electron chi connectivity index (χ3n) is 4.25. The van der Waals surface area contributed by atoms with Crippen molar-refractivity contribution in [3.63, 3.8) is 0 Å². The largest absolute Gasteiger partial charge is 0.486 e. The highest BCUT2D eigenvalue weighted by Crippen LogP contribution is 2.25. The lowest BCUT2D eigenvalue weighted by atomic mass is 9.87. The van der Waals surface area contributed by atoms with Crippen LogP contribution in [-0.4, -0.2) is 9.55 Å². The van der Waals surface area contributed by atoms with Crippen LogP contribution in [0.1, 0.15) is 39.1 Å². The summed E-state index contributed by atoms with van der Waals surface area (Å²) >= 11 is 0. The Morgan fingerprint density at radius 3 is 2.40 bits per heavy atom. The lowest BCUT2D eigenvalue weighted by Gasteiger charge is -2.19. The van der Waals surface area contributed by atoms with Crippen LogP contribution in [0.4, 0.5) is 0 Å². The molecule has 0 aliphatic heterocycles. The van der Waals surface area contributed by atoms with Gasteiger partial charge >= 0.3 is 0 Å². The fourth-order valence-corrected chi connectivity index (χ4v) is 2.88. The summed E-state index contributed by atoms with van der Waals surface area (Å²) in [6.07, 6.45) is 0. The first kappa shape index (κ1) is 17.3. The molecule has 0 N–H and O–H groups in total. The van der Waals surface area contributed by atoms with Gasteiger partial charge in [0.15, 0.2) is 0 Å². The van der Waals surface area contributed by atoms with Crippen LogP contribution in [0.15, 0.2) is 60.7 Å². The zero-order valence-electron chi connectivity index (χ0n) is 15.5. The first-order valence-corrected chi connectivity index (χ1v) is 8.66. The minimum atomic E-state index is 0.147. The van der Waals surface area contributed by atoms with E-state index in [2.05, 4.69) is 50.1 Å². The molecule has 0 amide bonds. The molecule has 0 bridgehead atoms. The molecule has 0 aliphatic carbocycles. The van der Waals surface area contributed by atoms with Crippen molar-refractivity contribution in [3.05, 3.63) is 72.1 Å². The lowest BCUT2D eigenvalue weighted by Crippen LogP contribution is -2.11. The molecule has 0 fully saturated rings. The van der Waals surface area contributed by atoms with Crippen molar-refractivity contribution < 1.29 is 4.74 Å². The normalized spacial score (nSPS) is 11.7. The predicted octanol–water partition coefficient (Wildman–Crippen LogP) is 5.49. The van der Waals surface area contributed by atoms with Gasteiger partial charge in [0.1, 0.15) is 18.2 Å². The topological polar surface area (TPSA) is 27.1 Å². The lowest BCUT2D eigenvalue weighted by molar-refractivity contribution is 0.291. The fourth-order valence-electron chi connectivity index (χ4n) is 2.88. The Bertz CT molecular complexity index is 883. The molecule has 1 aromatic heterocycles. The summed E-state index contributed by atoms with van der Waals surface area (Å²) in [6, 6.07) is 16.5. The maximum absolute atomic E-state index is 6.00. The third-order valence-corrected chi connectivity index (χ3v) is 4.25. The van der Waals surface area contributed by atoms with Gasteiger partial charge in [0.2, 0.25) is 0 Å². The Labute approximate surface area is 150 Å². The molecule has 0 radical (unpaired) electrons. The van der Waals surface area contributed by atoms with E-state index in [1.165, 1.54) is 5.56 Å². The van der Waals surface area contributed by atoms with Crippen molar-refractivity contribution in [2.24, 2.45) is 0 Å². The van der Waals surface area contributed by atoms with Crippen molar-refractivity contribution >= 4 is 11.0 Å². The predicted molar refractivity (Wildman–Crippen MR) is 104 cm³/mol. The monoisotopic (exact) mass is 334 g/mol. The standard InChI is InChI=1S/C22H26N2O/c1-16(2)14-24-20-9-7-6-8-19(20)23-21(24)15-25-18-12-10-17(11-13-18)22(3,4)5/h6-13H,1,14-15H2,2-5H3. The minimum absolute atomic E-state index is 0.147. The van der Waals surface area contributed by atoms with Crippen molar-refractivity contribution in [2.75, 3.05) is 0 Å². The molecule has 2 aromatic carbocycles. The molecular formula is C22H26N2O. The second-order valence-corrected chi connectivity index (χ2v) is 7.62. The number of benzene rings is 2. The van der Waals surface area contributed by atoms with Gasteiger partial charge in [0.05, 0.1) is 11.0 Å². The Balaban J connectivity index is 1.82. The molecule has 3 heteroatoms. The number of aromatic nitrogens is 2. The summed E-state index contributed by atoms with van der Waals surface area (Å²) < 4.78 is 8.18. The van der Waals surface area contributed by atoms with Crippen LogP contribution >= 0.6 is 0 Å². The number of hydrogen-bond acceptors (Lipinski definition) is 2. The maximum Gasteiger partial charge on any atom is 0.148 e. The summed E-state index contributed by atoms with van der Waals surface area (Å²) in [5.74, 6) is 1.78. The van der Waals surface area contributed by atoms with E-state index >= 15 is 0 Å². The van der Waals surface area contributed by atoms with Crippen molar-refractivity contribution in [3.8, 4) is 5.75 Å². The average Bonchev–Trinajstić information content (AvgIpc) is 2.90. The van der Waals surface area contributed by atoms with Gasteiger partial charge in [0, 0.05) is 6.54 Å². The number of imidazole rings is 1. The molecule has 0 atom stereocenters. The summed E-state index contributed by atoms with van der Waals surface area (Å²) in [4.78, 5) is 4.73. The van der Waals surface area contributed by atoms with Crippen LogP contribution < -0.4 is 4.74 Å². The minimum Gasteiger partial charge on any atom is -0.486 e. The Morgan fingerprint density at radius 1 is 1.08 bits per heavy atom. The van der Waals surface area contributed by atoms with E-state index in [1.807, 2.05) is 37.3 Å². The maximum atomic E-state index is 6.00. The second-order valence-electron chi connectivity index (χ2n) is 7.62. The van der Waals surface area contributed by atoms with Crippen LogP contribution in [0.25, 0.3) is 11.0 Å². The zero-order chi connectivity index (χ0) is 18.0. The molecule has 25 heavy (non-hydrogen) atoms. The molecule has 3 rings (SSSR count). The SMILES string of the molecule is C=C(C)Cn1c(COc2ccc(C(C)(C)C)cc2)nc2ccccc21. The smallest absolute Gasteiger partial charge is 0.148 e. The van der Waals surface area contributed by atoms with E-state index < -0.39 is 0 Å². The molecule has 3 nitrogen and oxygen atoms in total. The molecule has 3 aromatic rings. The number of allylic oxidation sites excluding steroid dienone is 1. The molecule has 0 unspecified atom stereocenters. The third kappa shape index (κ3) is 3.93. The first-order chi connectivity index (χ1) is 11.8. The van der Waals surface area contributed by atoms with Crippen LogP contribution in [-0.2, 0) is 18.6 Å². The Morgan fingerprint density at radius 2 is 1.76 bits per heavy atom. The fraction of sp³-hybridized carbons (Fsp3) is 0.318. The number of fused-ring (bicyclic) bond motifs is 1. The molecule has 1 heterocycles. The van der Waals surface area contributed by atoms with Gasteiger partial charge < -0.3 is 9.30 Å². The number of para-hydroxylation sites is 2. The van der Waals surface area contributed by atoms with Crippen molar-refractivity contribution in [1.82, 2.24) is 9.55 Å². The highest BCUT2D eigenvalue weighted by Gasteiger charge is 2.14. The van der Waals surface area contributed by atoms with Gasteiger partial charge in [-0.05, 0) is 42.2 Å². The molecule has 130 valence electrons. The Hall–Kier alpha value is -2.55. The highest BCUT2D eigenvalue weighted by molar-refractivity contribution is 5.76. The Kier molecular flexibility index (Phi) is 4.67. The summed E-state index contributed by atoms with van der Waals surface area (Å²) in [6.45, 7) is 13.9. The van der Waals surface area contributed by atoms with E-state index in [0.29, 0.717) is 6.61 Å². The number of hydrogen-bond donors (Lipinski definition) is 0. The zero-order valence-corrected chi connectivity index (χ0v) is 15.5. The average molecular weight is 334 g/mol. The van der Waals surface area contributed by atoms with Crippen molar-refractivity contribution in [2.45, 2.75) is 46.3 Å². The van der Waals surface area contributed by atoms with E-state index in [-0.39, 0.29) is 5.41 Å². The molecule has 0 saturated carbocycles. The summed E-state index contributed by atoms with van der Waals surface area (Å²) in [5, 5.41) is 0. The highest BCUT2D eigenvalue weighted by atomic mass is 16.5. The van der Waals surface area contributed by atoms with Crippen LogP contribution in [0.2, 0.25) is 0 Å². The summed E-state index contributed by atoms with van der Waals surface area (Å²) in [5.41, 5.74) is 4.65. The van der Waals surface area contributed by atoms with E-state index in [4.69, 9.17) is 9.72 Å². The van der Waals surface area contributed by atoms with Gasteiger partial charge in [-0.3, -0.25) is 0 Å².